The van der Waals surface area contributed by atoms with E-state index in [1.807, 2.05) is 0 Å². The van der Waals surface area contributed by atoms with Crippen LogP contribution in [0.3, 0.4) is 0 Å². The number of ether oxygens (including phenoxy) is 1. The number of nitrogens with one attached hydrogen (secondary N) is 1. The van der Waals surface area contributed by atoms with E-state index in [4.69, 9.17) is 4.74 Å². The number of hydrogen-bond donors (Lipinski definition) is 1. The molecule has 116 valence electrons. The first-order chi connectivity index (χ1) is 10.3. The van der Waals surface area contributed by atoms with Crippen molar-refractivity contribution in [2.24, 2.45) is 0 Å². The van der Waals surface area contributed by atoms with Gasteiger partial charge in [-0.05, 0) is 24.3 Å². The molecule has 0 fully saturated rings. The molecular formula is C13H11BrN2O5S. The van der Waals surface area contributed by atoms with E-state index in [0.717, 1.165) is 6.07 Å². The van der Waals surface area contributed by atoms with Gasteiger partial charge in [0.15, 0.2) is 0 Å². The third-order valence-corrected chi connectivity index (χ3v) is 4.60. The van der Waals surface area contributed by atoms with Crippen LogP contribution in [0.4, 0.5) is 11.4 Å². The van der Waals surface area contributed by atoms with E-state index in [-0.39, 0.29) is 22.0 Å². The lowest BCUT2D eigenvalue weighted by molar-refractivity contribution is -0.384. The van der Waals surface area contributed by atoms with Crippen LogP contribution in [0.15, 0.2) is 51.8 Å². The van der Waals surface area contributed by atoms with Crippen molar-refractivity contribution < 1.29 is 18.1 Å². The number of nitrogens with zero attached hydrogens (tertiary/aromatic N) is 1. The molecule has 0 bridgehead atoms. The third-order valence-electron chi connectivity index (χ3n) is 2.74. The maximum atomic E-state index is 12.3. The smallest absolute Gasteiger partial charge is 0.271 e. The molecule has 0 heterocycles. The molecule has 0 saturated carbocycles. The first-order valence-electron chi connectivity index (χ1n) is 5.94. The second-order valence-electron chi connectivity index (χ2n) is 4.20. The highest BCUT2D eigenvalue weighted by Gasteiger charge is 2.19. The van der Waals surface area contributed by atoms with Gasteiger partial charge < -0.3 is 4.74 Å². The Balaban J connectivity index is 2.44. The molecule has 0 aliphatic carbocycles. The van der Waals surface area contributed by atoms with E-state index < -0.39 is 14.9 Å². The van der Waals surface area contributed by atoms with Gasteiger partial charge in [-0.1, -0.05) is 22.0 Å². The van der Waals surface area contributed by atoms with Gasteiger partial charge in [-0.25, -0.2) is 8.42 Å². The average Bonchev–Trinajstić information content (AvgIpc) is 2.46. The minimum absolute atomic E-state index is 0.00308. The Morgan fingerprint density at radius 3 is 2.55 bits per heavy atom. The number of nitro benzene ring substituents is 1. The Kier molecular flexibility index (Phi) is 4.67. The van der Waals surface area contributed by atoms with Crippen LogP contribution in [-0.4, -0.2) is 20.5 Å². The summed E-state index contributed by atoms with van der Waals surface area (Å²) in [5, 5.41) is 10.8. The third kappa shape index (κ3) is 3.55. The lowest BCUT2D eigenvalue weighted by Crippen LogP contribution is -2.13. The molecule has 2 rings (SSSR count). The highest BCUT2D eigenvalue weighted by molar-refractivity contribution is 9.10. The highest BCUT2D eigenvalue weighted by Crippen LogP contribution is 2.31. The second kappa shape index (κ2) is 6.32. The molecule has 0 aliphatic heterocycles. The summed E-state index contributed by atoms with van der Waals surface area (Å²) in [6.45, 7) is 0. The lowest BCUT2D eigenvalue weighted by atomic mass is 10.2. The fraction of sp³-hybridized carbons (Fsp3) is 0.0769. The number of sulfonamides is 1. The maximum absolute atomic E-state index is 12.3. The molecule has 9 heteroatoms. The molecule has 0 aliphatic rings. The Labute approximate surface area is 135 Å². The molecule has 0 amide bonds. The summed E-state index contributed by atoms with van der Waals surface area (Å²) in [4.78, 5) is 10.2. The van der Waals surface area contributed by atoms with E-state index in [0.29, 0.717) is 4.47 Å². The summed E-state index contributed by atoms with van der Waals surface area (Å²) < 4.78 is 32.6. The van der Waals surface area contributed by atoms with Gasteiger partial charge in [-0.15, -0.1) is 0 Å². The normalized spacial score (nSPS) is 11.0. The van der Waals surface area contributed by atoms with E-state index in [9.17, 15) is 18.5 Å². The molecular weight excluding hydrogens is 376 g/mol. The van der Waals surface area contributed by atoms with Crippen LogP contribution in [0.1, 0.15) is 0 Å². The number of hydrogen-bond acceptors (Lipinski definition) is 5. The molecule has 0 spiro atoms. The summed E-state index contributed by atoms with van der Waals surface area (Å²) in [6, 6.07) is 9.76. The fourth-order valence-corrected chi connectivity index (χ4v) is 3.38. The lowest BCUT2D eigenvalue weighted by Gasteiger charge is -2.11. The summed E-state index contributed by atoms with van der Waals surface area (Å²) >= 11 is 3.19. The summed E-state index contributed by atoms with van der Waals surface area (Å²) in [5.41, 5.74) is -0.246. The number of nitro groups is 1. The van der Waals surface area contributed by atoms with Crippen LogP contribution >= 0.6 is 15.9 Å². The molecule has 7 nitrogen and oxygen atoms in total. The van der Waals surface area contributed by atoms with Gasteiger partial charge in [0, 0.05) is 16.6 Å². The maximum Gasteiger partial charge on any atom is 0.271 e. The summed E-state index contributed by atoms with van der Waals surface area (Å²) in [6.07, 6.45) is 0. The monoisotopic (exact) mass is 386 g/mol. The van der Waals surface area contributed by atoms with Crippen LogP contribution in [-0.2, 0) is 10.0 Å². The van der Waals surface area contributed by atoms with Gasteiger partial charge in [0.05, 0.1) is 22.6 Å². The van der Waals surface area contributed by atoms with Gasteiger partial charge in [0.1, 0.15) is 5.75 Å². The zero-order chi connectivity index (χ0) is 16.3. The Morgan fingerprint density at radius 2 is 1.95 bits per heavy atom. The van der Waals surface area contributed by atoms with Gasteiger partial charge in [-0.2, -0.15) is 0 Å². The van der Waals surface area contributed by atoms with Crippen molar-refractivity contribution in [1.29, 1.82) is 0 Å². The van der Waals surface area contributed by atoms with E-state index >= 15 is 0 Å². The van der Waals surface area contributed by atoms with Crippen molar-refractivity contribution >= 4 is 37.3 Å². The van der Waals surface area contributed by atoms with Gasteiger partial charge >= 0.3 is 0 Å². The predicted octanol–water partition coefficient (Wildman–Crippen LogP) is 3.17. The zero-order valence-corrected chi connectivity index (χ0v) is 13.7. The minimum Gasteiger partial charge on any atom is -0.495 e. The van der Waals surface area contributed by atoms with E-state index in [1.54, 1.807) is 12.1 Å². The van der Waals surface area contributed by atoms with Crippen molar-refractivity contribution in [3.63, 3.8) is 0 Å². The van der Waals surface area contributed by atoms with Crippen molar-refractivity contribution in [2.45, 2.75) is 4.90 Å². The van der Waals surface area contributed by atoms with Crippen molar-refractivity contribution in [3.05, 3.63) is 57.1 Å². The van der Waals surface area contributed by atoms with Gasteiger partial charge in [-0.3, -0.25) is 14.8 Å². The quantitative estimate of drug-likeness (QED) is 0.628. The topological polar surface area (TPSA) is 98.5 Å². The predicted molar refractivity (Wildman–Crippen MR) is 84.6 cm³/mol. The van der Waals surface area contributed by atoms with Crippen LogP contribution < -0.4 is 9.46 Å². The Bertz CT molecular complexity index is 823. The molecule has 1 N–H and O–H groups in total. The van der Waals surface area contributed by atoms with Crippen molar-refractivity contribution in [3.8, 4) is 5.75 Å². The minimum atomic E-state index is -3.89. The number of methoxy groups -OCH3 is 1. The molecule has 0 aromatic heterocycles. The summed E-state index contributed by atoms with van der Waals surface area (Å²) in [5.74, 6) is 0.184. The van der Waals surface area contributed by atoms with Crippen molar-refractivity contribution in [2.75, 3.05) is 11.8 Å². The Morgan fingerprint density at radius 1 is 1.23 bits per heavy atom. The molecule has 0 radical (unpaired) electrons. The molecule has 0 saturated heterocycles. The van der Waals surface area contributed by atoms with E-state index in [1.165, 1.54) is 31.4 Å². The van der Waals surface area contributed by atoms with E-state index in [2.05, 4.69) is 20.7 Å². The molecule has 2 aromatic rings. The summed E-state index contributed by atoms with van der Waals surface area (Å²) in [7, 11) is -2.55. The number of anilines is 1. The van der Waals surface area contributed by atoms with Gasteiger partial charge in [0.2, 0.25) is 0 Å². The van der Waals surface area contributed by atoms with Crippen LogP contribution in [0.25, 0.3) is 0 Å². The zero-order valence-electron chi connectivity index (χ0n) is 11.3. The number of rotatable bonds is 5. The fourth-order valence-electron chi connectivity index (χ4n) is 1.73. The molecule has 0 atom stereocenters. The number of benzene rings is 2. The number of non-ortho nitro benzene ring substituents is 1. The van der Waals surface area contributed by atoms with Crippen molar-refractivity contribution in [1.82, 2.24) is 0 Å². The average molecular weight is 387 g/mol. The first-order valence-corrected chi connectivity index (χ1v) is 8.22. The standard InChI is InChI=1S/C13H11BrN2O5S/c1-21-13-6-5-10(16(17)18)8-12(13)15-22(19,20)11-4-2-3-9(14)7-11/h2-8,15H,1H3. The Hall–Kier alpha value is -2.13. The second-order valence-corrected chi connectivity index (χ2v) is 6.80. The SMILES string of the molecule is COc1ccc([N+](=O)[O-])cc1NS(=O)(=O)c1cccc(Br)c1. The number of halogens is 1. The van der Waals surface area contributed by atoms with Crippen LogP contribution in [0.2, 0.25) is 0 Å². The highest BCUT2D eigenvalue weighted by atomic mass is 79.9. The van der Waals surface area contributed by atoms with Gasteiger partial charge in [0.25, 0.3) is 15.7 Å². The molecule has 2 aromatic carbocycles. The first kappa shape index (κ1) is 16.2. The largest absolute Gasteiger partial charge is 0.495 e. The molecule has 22 heavy (non-hydrogen) atoms. The van der Waals surface area contributed by atoms with Crippen LogP contribution in [0, 0.1) is 10.1 Å². The van der Waals surface area contributed by atoms with Crippen LogP contribution in [0.5, 0.6) is 5.75 Å². The molecule has 0 unspecified atom stereocenters.